The van der Waals surface area contributed by atoms with Crippen molar-refractivity contribution in [1.82, 2.24) is 10.2 Å². The molecular formula is C7H12N2O2. The number of nitrogens with one attached hydrogen (secondary N) is 1. The summed E-state index contributed by atoms with van der Waals surface area (Å²) in [5.41, 5.74) is 0. The molecule has 0 spiro atoms. The highest BCUT2D eigenvalue weighted by Crippen LogP contribution is 2.04. The molecule has 1 rings (SSSR count). The predicted octanol–water partition coefficient (Wildman–Crippen LogP) is 0.518. The minimum absolute atomic E-state index is 0.0700. The van der Waals surface area contributed by atoms with E-state index < -0.39 is 0 Å². The van der Waals surface area contributed by atoms with Gasteiger partial charge in [0.15, 0.2) is 6.23 Å². The standard InChI is InChI=1S/C7H12N2O2/c1-3-11-6(2)9-5-4-8-7(9)10/h3,6H,1,4-5H2,2H3,(H,8,10). The Morgan fingerprint density at radius 2 is 2.64 bits per heavy atom. The van der Waals surface area contributed by atoms with Gasteiger partial charge in [0.1, 0.15) is 0 Å². The number of hydrogen-bond acceptors (Lipinski definition) is 2. The Bertz CT molecular complexity index is 170. The van der Waals surface area contributed by atoms with Crippen LogP contribution in [0.2, 0.25) is 0 Å². The van der Waals surface area contributed by atoms with Gasteiger partial charge in [-0.15, -0.1) is 0 Å². The summed E-state index contributed by atoms with van der Waals surface area (Å²) >= 11 is 0. The fourth-order valence-electron chi connectivity index (χ4n) is 1.05. The topological polar surface area (TPSA) is 41.6 Å². The first-order valence-electron chi connectivity index (χ1n) is 3.56. The van der Waals surface area contributed by atoms with E-state index in [0.717, 1.165) is 0 Å². The van der Waals surface area contributed by atoms with Crippen LogP contribution < -0.4 is 5.32 Å². The van der Waals surface area contributed by atoms with Crippen LogP contribution in [0.3, 0.4) is 0 Å². The second kappa shape index (κ2) is 3.27. The molecule has 4 heteroatoms. The van der Waals surface area contributed by atoms with E-state index in [0.29, 0.717) is 13.1 Å². The van der Waals surface area contributed by atoms with Gasteiger partial charge in [-0.1, -0.05) is 6.58 Å². The minimum atomic E-state index is -0.213. The number of carbonyl (C=O) groups excluding carboxylic acids is 1. The van der Waals surface area contributed by atoms with E-state index >= 15 is 0 Å². The lowest BCUT2D eigenvalue weighted by Gasteiger charge is -2.21. The Morgan fingerprint density at radius 3 is 3.09 bits per heavy atom. The number of carbonyl (C=O) groups is 1. The van der Waals surface area contributed by atoms with Gasteiger partial charge in [0, 0.05) is 13.1 Å². The average Bonchev–Trinajstić information content (AvgIpc) is 2.36. The molecule has 1 unspecified atom stereocenters. The van der Waals surface area contributed by atoms with Crippen molar-refractivity contribution in [3.63, 3.8) is 0 Å². The van der Waals surface area contributed by atoms with Gasteiger partial charge >= 0.3 is 6.03 Å². The van der Waals surface area contributed by atoms with E-state index in [1.165, 1.54) is 6.26 Å². The average molecular weight is 156 g/mol. The lowest BCUT2D eigenvalue weighted by Crippen LogP contribution is -2.36. The lowest BCUT2D eigenvalue weighted by atomic mass is 10.5. The van der Waals surface area contributed by atoms with Crippen LogP contribution in [0.25, 0.3) is 0 Å². The number of urea groups is 1. The first kappa shape index (κ1) is 7.91. The van der Waals surface area contributed by atoms with Crippen LogP contribution in [0.1, 0.15) is 6.92 Å². The summed E-state index contributed by atoms with van der Waals surface area (Å²) in [7, 11) is 0. The Hall–Kier alpha value is -1.19. The molecule has 0 aromatic carbocycles. The summed E-state index contributed by atoms with van der Waals surface area (Å²) in [5, 5.41) is 2.68. The van der Waals surface area contributed by atoms with Gasteiger partial charge in [-0.25, -0.2) is 4.79 Å². The van der Waals surface area contributed by atoms with Gasteiger partial charge in [-0.05, 0) is 6.92 Å². The van der Waals surface area contributed by atoms with Crippen molar-refractivity contribution in [2.75, 3.05) is 13.1 Å². The molecule has 1 fully saturated rings. The monoisotopic (exact) mass is 156 g/mol. The van der Waals surface area contributed by atoms with Crippen molar-refractivity contribution in [3.8, 4) is 0 Å². The normalized spacial score (nSPS) is 19.4. The molecular weight excluding hydrogens is 144 g/mol. The number of hydrogen-bond donors (Lipinski definition) is 1. The van der Waals surface area contributed by atoms with Gasteiger partial charge in [-0.2, -0.15) is 0 Å². The van der Waals surface area contributed by atoms with Crippen LogP contribution in [0.15, 0.2) is 12.8 Å². The first-order chi connectivity index (χ1) is 5.25. The van der Waals surface area contributed by atoms with Crippen LogP contribution in [0.4, 0.5) is 4.79 Å². The highest BCUT2D eigenvalue weighted by molar-refractivity contribution is 5.76. The van der Waals surface area contributed by atoms with Crippen molar-refractivity contribution < 1.29 is 9.53 Å². The molecule has 62 valence electrons. The van der Waals surface area contributed by atoms with Crippen LogP contribution >= 0.6 is 0 Å². The minimum Gasteiger partial charge on any atom is -0.479 e. The maximum Gasteiger partial charge on any atom is 0.320 e. The summed E-state index contributed by atoms with van der Waals surface area (Å²) in [6.45, 7) is 6.63. The fraction of sp³-hybridized carbons (Fsp3) is 0.571. The number of ether oxygens (including phenoxy) is 1. The van der Waals surface area contributed by atoms with Gasteiger partial charge in [-0.3, -0.25) is 4.90 Å². The van der Waals surface area contributed by atoms with Crippen LogP contribution in [-0.4, -0.2) is 30.2 Å². The molecule has 0 aromatic heterocycles. The molecule has 1 saturated heterocycles. The summed E-state index contributed by atoms with van der Waals surface area (Å²) in [6, 6.07) is -0.0700. The Kier molecular flexibility index (Phi) is 2.36. The molecule has 0 radical (unpaired) electrons. The molecule has 1 atom stereocenters. The van der Waals surface area contributed by atoms with Crippen molar-refractivity contribution in [3.05, 3.63) is 12.8 Å². The molecule has 1 N–H and O–H groups in total. The zero-order valence-corrected chi connectivity index (χ0v) is 6.54. The zero-order valence-electron chi connectivity index (χ0n) is 6.54. The highest BCUT2D eigenvalue weighted by Gasteiger charge is 2.24. The largest absolute Gasteiger partial charge is 0.479 e. The molecule has 1 aliphatic heterocycles. The Balaban J connectivity index is 2.45. The third-order valence-electron chi connectivity index (χ3n) is 1.62. The van der Waals surface area contributed by atoms with E-state index in [4.69, 9.17) is 4.74 Å². The van der Waals surface area contributed by atoms with Crippen molar-refractivity contribution in [2.45, 2.75) is 13.2 Å². The second-order valence-electron chi connectivity index (χ2n) is 2.33. The smallest absolute Gasteiger partial charge is 0.320 e. The van der Waals surface area contributed by atoms with Crippen molar-refractivity contribution in [2.24, 2.45) is 0 Å². The number of amides is 2. The van der Waals surface area contributed by atoms with E-state index in [1.807, 2.05) is 6.92 Å². The quantitative estimate of drug-likeness (QED) is 0.605. The Labute approximate surface area is 65.8 Å². The molecule has 0 aromatic rings. The van der Waals surface area contributed by atoms with Crippen LogP contribution in [0, 0.1) is 0 Å². The molecule has 1 aliphatic rings. The van der Waals surface area contributed by atoms with Crippen molar-refractivity contribution >= 4 is 6.03 Å². The van der Waals surface area contributed by atoms with Gasteiger partial charge in [0.2, 0.25) is 0 Å². The van der Waals surface area contributed by atoms with Gasteiger partial charge < -0.3 is 10.1 Å². The van der Waals surface area contributed by atoms with E-state index in [-0.39, 0.29) is 12.3 Å². The molecule has 1 heterocycles. The van der Waals surface area contributed by atoms with E-state index in [2.05, 4.69) is 11.9 Å². The summed E-state index contributed by atoms with van der Waals surface area (Å²) in [5.74, 6) is 0. The van der Waals surface area contributed by atoms with Gasteiger partial charge in [0.25, 0.3) is 0 Å². The Morgan fingerprint density at radius 1 is 1.91 bits per heavy atom. The van der Waals surface area contributed by atoms with Crippen molar-refractivity contribution in [1.29, 1.82) is 0 Å². The summed E-state index contributed by atoms with van der Waals surface area (Å²) < 4.78 is 5.03. The maximum absolute atomic E-state index is 11.0. The molecule has 4 nitrogen and oxygen atoms in total. The predicted molar refractivity (Wildman–Crippen MR) is 40.8 cm³/mol. The molecule has 0 bridgehead atoms. The fourth-order valence-corrected chi connectivity index (χ4v) is 1.05. The second-order valence-corrected chi connectivity index (χ2v) is 2.33. The van der Waals surface area contributed by atoms with E-state index in [1.54, 1.807) is 4.90 Å². The number of rotatable bonds is 3. The summed E-state index contributed by atoms with van der Waals surface area (Å²) in [4.78, 5) is 12.6. The highest BCUT2D eigenvalue weighted by atomic mass is 16.5. The molecule has 2 amide bonds. The first-order valence-corrected chi connectivity index (χ1v) is 3.56. The zero-order chi connectivity index (χ0) is 8.27. The van der Waals surface area contributed by atoms with Crippen LogP contribution in [0.5, 0.6) is 0 Å². The third kappa shape index (κ3) is 1.63. The van der Waals surface area contributed by atoms with Crippen LogP contribution in [-0.2, 0) is 4.74 Å². The lowest BCUT2D eigenvalue weighted by molar-refractivity contribution is 0.0445. The maximum atomic E-state index is 11.0. The molecule has 0 saturated carbocycles. The van der Waals surface area contributed by atoms with Gasteiger partial charge in [0.05, 0.1) is 6.26 Å². The third-order valence-corrected chi connectivity index (χ3v) is 1.62. The van der Waals surface area contributed by atoms with E-state index in [9.17, 15) is 4.79 Å². The summed E-state index contributed by atoms with van der Waals surface area (Å²) in [6.07, 6.45) is 1.13. The SMILES string of the molecule is C=COC(C)N1CCNC1=O. The number of nitrogens with zero attached hydrogens (tertiary/aromatic N) is 1. The molecule has 0 aliphatic carbocycles. The molecule has 11 heavy (non-hydrogen) atoms.